The molecule has 1 unspecified atom stereocenters. The molecule has 1 atom stereocenters. The van der Waals surface area contributed by atoms with Crippen molar-refractivity contribution in [1.29, 1.82) is 0 Å². The van der Waals surface area contributed by atoms with Gasteiger partial charge in [-0.05, 0) is 72.4 Å². The molecule has 1 aliphatic heterocycles. The number of hydrogen-bond acceptors (Lipinski definition) is 5. The number of hydrogen-bond donors (Lipinski definition) is 1. The van der Waals surface area contributed by atoms with E-state index in [4.69, 9.17) is 4.74 Å². The average molecular weight is 471 g/mol. The fourth-order valence-electron chi connectivity index (χ4n) is 4.64. The van der Waals surface area contributed by atoms with Crippen LogP contribution in [0, 0.1) is 13.8 Å². The van der Waals surface area contributed by atoms with Crippen LogP contribution in [0.5, 0.6) is 5.75 Å². The van der Waals surface area contributed by atoms with Crippen LogP contribution < -0.4 is 9.64 Å². The van der Waals surface area contributed by atoms with Crippen molar-refractivity contribution < 1.29 is 19.4 Å². The first-order chi connectivity index (χ1) is 16.5. The lowest BCUT2D eigenvalue weighted by Gasteiger charge is -2.26. The van der Waals surface area contributed by atoms with E-state index in [2.05, 4.69) is 4.98 Å². The van der Waals surface area contributed by atoms with Gasteiger partial charge >= 0.3 is 0 Å². The lowest BCUT2D eigenvalue weighted by molar-refractivity contribution is -0.132. The van der Waals surface area contributed by atoms with E-state index in [-0.39, 0.29) is 16.7 Å². The number of amides is 1. The summed E-state index contributed by atoms with van der Waals surface area (Å²) in [7, 11) is 1.60. The topological polar surface area (TPSA) is 79.7 Å². The largest absolute Gasteiger partial charge is 0.507 e. The summed E-state index contributed by atoms with van der Waals surface area (Å²) in [6.45, 7) is 10.0. The van der Waals surface area contributed by atoms with Crippen LogP contribution in [-0.2, 0) is 15.0 Å². The van der Waals surface area contributed by atoms with Crippen LogP contribution in [0.1, 0.15) is 54.6 Å². The maximum absolute atomic E-state index is 13.4. The van der Waals surface area contributed by atoms with Crippen LogP contribution in [0.4, 0.5) is 5.69 Å². The number of nitrogens with zero attached hydrogens (tertiary/aromatic N) is 2. The van der Waals surface area contributed by atoms with E-state index in [1.165, 1.54) is 4.90 Å². The van der Waals surface area contributed by atoms with Crippen molar-refractivity contribution in [2.45, 2.75) is 46.1 Å². The number of rotatable bonds is 4. The summed E-state index contributed by atoms with van der Waals surface area (Å²) in [5.74, 6) is -0.954. The number of carbonyl (C=O) groups is 2. The molecule has 1 aromatic heterocycles. The third kappa shape index (κ3) is 4.44. The first-order valence-corrected chi connectivity index (χ1v) is 11.5. The zero-order chi connectivity index (χ0) is 25.5. The van der Waals surface area contributed by atoms with Crippen LogP contribution in [0.25, 0.3) is 5.76 Å². The fourth-order valence-corrected chi connectivity index (χ4v) is 4.64. The highest BCUT2D eigenvalue weighted by Gasteiger charge is 2.47. The average Bonchev–Trinajstić information content (AvgIpc) is 3.08. The number of aliphatic hydroxyl groups is 1. The van der Waals surface area contributed by atoms with Gasteiger partial charge in [-0.3, -0.25) is 19.5 Å². The Morgan fingerprint density at radius 1 is 1.03 bits per heavy atom. The number of ether oxygens (including phenoxy) is 1. The molecule has 2 aromatic carbocycles. The van der Waals surface area contributed by atoms with Gasteiger partial charge in [0.15, 0.2) is 0 Å². The maximum Gasteiger partial charge on any atom is 0.300 e. The molecule has 1 saturated heterocycles. The van der Waals surface area contributed by atoms with Crippen molar-refractivity contribution in [1.82, 2.24) is 4.98 Å². The van der Waals surface area contributed by atoms with E-state index in [0.29, 0.717) is 22.6 Å². The summed E-state index contributed by atoms with van der Waals surface area (Å²) < 4.78 is 5.52. The van der Waals surface area contributed by atoms with E-state index in [1.807, 2.05) is 58.9 Å². The fraction of sp³-hybridized carbons (Fsp3) is 0.276. The lowest BCUT2D eigenvalue weighted by atomic mass is 9.84. The third-order valence-corrected chi connectivity index (χ3v) is 6.21. The van der Waals surface area contributed by atoms with Gasteiger partial charge < -0.3 is 9.84 Å². The normalized spacial score (nSPS) is 17.7. The number of Topliss-reactive ketones (excluding diaryl/α,β-unsaturated/α-hetero) is 1. The van der Waals surface area contributed by atoms with Crippen molar-refractivity contribution in [3.8, 4) is 5.75 Å². The Morgan fingerprint density at radius 3 is 2.29 bits per heavy atom. The SMILES string of the molecule is COc1ccc(/C(O)=C2/C(=O)C(=O)N(c3cc(C)cc(C)c3)C2c2cccnc2)cc1C(C)(C)C. The van der Waals surface area contributed by atoms with Crippen LogP contribution in [0.3, 0.4) is 0 Å². The van der Waals surface area contributed by atoms with Gasteiger partial charge in [0.1, 0.15) is 11.5 Å². The Morgan fingerprint density at radius 2 is 1.71 bits per heavy atom. The lowest BCUT2D eigenvalue weighted by Crippen LogP contribution is -2.29. The van der Waals surface area contributed by atoms with Gasteiger partial charge in [0.25, 0.3) is 11.7 Å². The molecule has 6 nitrogen and oxygen atoms in total. The van der Waals surface area contributed by atoms with Crippen LogP contribution in [-0.4, -0.2) is 28.9 Å². The molecule has 0 spiro atoms. The van der Waals surface area contributed by atoms with Gasteiger partial charge in [0.2, 0.25) is 0 Å². The van der Waals surface area contributed by atoms with Gasteiger partial charge in [-0.25, -0.2) is 0 Å². The van der Waals surface area contributed by atoms with E-state index in [0.717, 1.165) is 16.7 Å². The highest BCUT2D eigenvalue weighted by molar-refractivity contribution is 6.51. The first kappa shape index (κ1) is 24.2. The molecular weight excluding hydrogens is 440 g/mol. The van der Waals surface area contributed by atoms with Crippen LogP contribution in [0.2, 0.25) is 0 Å². The monoisotopic (exact) mass is 470 g/mol. The molecular formula is C29H30N2O4. The van der Waals surface area contributed by atoms with Gasteiger partial charge in [-0.15, -0.1) is 0 Å². The maximum atomic E-state index is 13.4. The Labute approximate surface area is 205 Å². The predicted molar refractivity (Wildman–Crippen MR) is 137 cm³/mol. The molecule has 2 heterocycles. The van der Waals surface area contributed by atoms with Crippen molar-refractivity contribution in [3.05, 3.63) is 94.3 Å². The summed E-state index contributed by atoms with van der Waals surface area (Å²) in [6.07, 6.45) is 3.25. The van der Waals surface area contributed by atoms with E-state index in [1.54, 1.807) is 43.8 Å². The molecule has 1 amide bonds. The summed E-state index contributed by atoms with van der Waals surface area (Å²) in [6, 6.07) is 13.8. The first-order valence-electron chi connectivity index (χ1n) is 11.5. The van der Waals surface area contributed by atoms with E-state index >= 15 is 0 Å². The second-order valence-electron chi connectivity index (χ2n) is 9.97. The molecule has 1 aliphatic rings. The second kappa shape index (κ2) is 9.02. The van der Waals surface area contributed by atoms with Crippen molar-refractivity contribution in [2.24, 2.45) is 0 Å². The molecule has 6 heteroatoms. The van der Waals surface area contributed by atoms with Crippen molar-refractivity contribution in [2.75, 3.05) is 12.0 Å². The molecule has 3 aromatic rings. The number of anilines is 1. The number of pyridine rings is 1. The standard InChI is InChI=1S/C29H30N2O4/c1-17-12-18(2)14-21(13-17)31-25(20-8-7-11-30-16-20)24(27(33)28(31)34)26(32)19-9-10-23(35-6)22(15-19)29(3,4)5/h7-16,25,32H,1-6H3/b26-24-. The molecule has 0 aliphatic carbocycles. The summed E-state index contributed by atoms with van der Waals surface area (Å²) in [4.78, 5) is 32.4. The molecule has 0 saturated carbocycles. The zero-order valence-corrected chi connectivity index (χ0v) is 20.9. The molecule has 180 valence electrons. The van der Waals surface area contributed by atoms with Crippen LogP contribution in [0.15, 0.2) is 66.5 Å². The van der Waals surface area contributed by atoms with Gasteiger partial charge in [-0.2, -0.15) is 0 Å². The molecule has 4 rings (SSSR count). The second-order valence-corrected chi connectivity index (χ2v) is 9.97. The van der Waals surface area contributed by atoms with Crippen molar-refractivity contribution >= 4 is 23.1 Å². The number of ketones is 1. The molecule has 1 fully saturated rings. The number of benzene rings is 2. The Bertz CT molecular complexity index is 1320. The third-order valence-electron chi connectivity index (χ3n) is 6.21. The Kier molecular flexibility index (Phi) is 6.24. The van der Waals surface area contributed by atoms with Crippen molar-refractivity contribution in [3.63, 3.8) is 0 Å². The van der Waals surface area contributed by atoms with Gasteiger partial charge in [0.05, 0.1) is 18.7 Å². The van der Waals surface area contributed by atoms with E-state index in [9.17, 15) is 14.7 Å². The summed E-state index contributed by atoms with van der Waals surface area (Å²) in [5, 5.41) is 11.5. The number of aliphatic hydroxyl groups excluding tert-OH is 1. The number of aromatic nitrogens is 1. The highest BCUT2D eigenvalue weighted by Crippen LogP contribution is 2.43. The zero-order valence-electron chi connectivity index (χ0n) is 20.9. The number of aryl methyl sites for hydroxylation is 2. The van der Waals surface area contributed by atoms with E-state index < -0.39 is 17.7 Å². The number of methoxy groups -OCH3 is 1. The number of carbonyl (C=O) groups excluding carboxylic acids is 2. The quantitative estimate of drug-likeness (QED) is 0.304. The minimum atomic E-state index is -0.815. The molecule has 35 heavy (non-hydrogen) atoms. The Balaban J connectivity index is 1.97. The van der Waals surface area contributed by atoms with Gasteiger partial charge in [-0.1, -0.05) is 32.9 Å². The minimum absolute atomic E-state index is 0.0344. The molecule has 0 bridgehead atoms. The summed E-state index contributed by atoms with van der Waals surface area (Å²) >= 11 is 0. The predicted octanol–water partition coefficient (Wildman–Crippen LogP) is 5.63. The van der Waals surface area contributed by atoms with Crippen LogP contribution >= 0.6 is 0 Å². The molecule has 1 N–H and O–H groups in total. The summed E-state index contributed by atoms with van der Waals surface area (Å²) in [5.41, 5.74) is 4.27. The Hall–Kier alpha value is -3.93. The molecule has 0 radical (unpaired) electrons. The van der Waals surface area contributed by atoms with Gasteiger partial charge in [0, 0.05) is 29.2 Å². The minimum Gasteiger partial charge on any atom is -0.507 e. The highest BCUT2D eigenvalue weighted by atomic mass is 16.5. The smallest absolute Gasteiger partial charge is 0.300 e.